The second-order valence-electron chi connectivity index (χ2n) is 5.26. The number of benzene rings is 1. The van der Waals surface area contributed by atoms with Crippen LogP contribution in [0.2, 0.25) is 5.02 Å². The molecule has 18 heavy (non-hydrogen) atoms. The molecule has 0 aromatic heterocycles. The van der Waals surface area contributed by atoms with Crippen LogP contribution in [0.25, 0.3) is 0 Å². The van der Waals surface area contributed by atoms with E-state index in [1.807, 2.05) is 12.1 Å². The maximum atomic E-state index is 6.29. The maximum Gasteiger partial charge on any atom is 0.145 e. The van der Waals surface area contributed by atoms with Gasteiger partial charge in [0.25, 0.3) is 0 Å². The molecule has 3 nitrogen and oxygen atoms in total. The quantitative estimate of drug-likeness (QED) is 0.912. The number of hydrogen-bond acceptors (Lipinski definition) is 3. The predicted octanol–water partition coefficient (Wildman–Crippen LogP) is 2.50. The lowest BCUT2D eigenvalue weighted by Gasteiger charge is -2.41. The van der Waals surface area contributed by atoms with E-state index in [0.717, 1.165) is 18.6 Å². The zero-order valence-corrected chi connectivity index (χ0v) is 11.1. The van der Waals surface area contributed by atoms with E-state index in [-0.39, 0.29) is 11.5 Å². The van der Waals surface area contributed by atoms with Crippen LogP contribution in [0, 0.1) is 0 Å². The summed E-state index contributed by atoms with van der Waals surface area (Å²) in [5, 5.41) is 0.680. The minimum atomic E-state index is 0.153. The van der Waals surface area contributed by atoms with Crippen LogP contribution >= 0.6 is 11.6 Å². The van der Waals surface area contributed by atoms with E-state index in [9.17, 15) is 0 Å². The van der Waals surface area contributed by atoms with Crippen molar-refractivity contribution in [3.05, 3.63) is 28.8 Å². The van der Waals surface area contributed by atoms with Gasteiger partial charge in [-0.15, -0.1) is 0 Å². The smallest absolute Gasteiger partial charge is 0.145 e. The number of halogens is 1. The summed E-state index contributed by atoms with van der Waals surface area (Å²) in [6.07, 6.45) is 3.74. The van der Waals surface area contributed by atoms with E-state index in [0.29, 0.717) is 24.8 Å². The summed E-state index contributed by atoms with van der Waals surface area (Å²) in [6, 6.07) is 6.08. The fourth-order valence-electron chi connectivity index (χ4n) is 2.60. The Morgan fingerprint density at radius 1 is 1.39 bits per heavy atom. The molecule has 1 saturated carbocycles. The van der Waals surface area contributed by atoms with Gasteiger partial charge in [0.1, 0.15) is 11.9 Å². The zero-order chi connectivity index (χ0) is 12.6. The van der Waals surface area contributed by atoms with Gasteiger partial charge in [0.2, 0.25) is 0 Å². The molecule has 2 fully saturated rings. The number of rotatable bonds is 4. The number of hydrogen-bond donors (Lipinski definition) is 1. The first-order valence-electron chi connectivity index (χ1n) is 6.48. The fraction of sp³-hybridized carbons (Fsp3) is 0.571. The van der Waals surface area contributed by atoms with Gasteiger partial charge in [0.05, 0.1) is 18.2 Å². The molecule has 0 unspecified atom stereocenters. The largest absolute Gasteiger partial charge is 0.484 e. The van der Waals surface area contributed by atoms with Crippen LogP contribution in [-0.2, 0) is 10.2 Å². The van der Waals surface area contributed by atoms with E-state index in [4.69, 9.17) is 26.8 Å². The topological polar surface area (TPSA) is 44.5 Å². The first-order valence-corrected chi connectivity index (χ1v) is 6.86. The average Bonchev–Trinajstić information content (AvgIpc) is 2.25. The number of nitrogens with two attached hydrogens (primary N) is 1. The van der Waals surface area contributed by atoms with Crippen LogP contribution in [0.5, 0.6) is 5.75 Å². The molecule has 0 amide bonds. The summed E-state index contributed by atoms with van der Waals surface area (Å²) in [5.41, 5.74) is 7.31. The molecule has 2 N–H and O–H groups in total. The second-order valence-corrected chi connectivity index (χ2v) is 5.67. The predicted molar refractivity (Wildman–Crippen MR) is 71.3 cm³/mol. The Balaban J connectivity index is 1.79. The molecular formula is C14H18ClNO2. The summed E-state index contributed by atoms with van der Waals surface area (Å²) in [6.45, 7) is 2.01. The Hall–Kier alpha value is -0.770. The van der Waals surface area contributed by atoms with Crippen molar-refractivity contribution >= 4 is 11.6 Å². The highest BCUT2D eigenvalue weighted by atomic mass is 35.5. The molecule has 1 aliphatic heterocycles. The molecule has 1 heterocycles. The van der Waals surface area contributed by atoms with Crippen molar-refractivity contribution < 1.29 is 9.47 Å². The highest BCUT2D eigenvalue weighted by Crippen LogP contribution is 2.44. The van der Waals surface area contributed by atoms with Gasteiger partial charge in [-0.25, -0.2) is 0 Å². The molecule has 0 bridgehead atoms. The molecule has 98 valence electrons. The molecule has 1 saturated heterocycles. The standard InChI is InChI=1S/C14H18ClNO2/c15-12-6-10(14(9-16)4-1-5-14)2-3-13(12)18-11-7-17-8-11/h2-3,6,11H,1,4-5,7-9,16H2. The lowest BCUT2D eigenvalue weighted by atomic mass is 9.64. The van der Waals surface area contributed by atoms with E-state index in [1.54, 1.807) is 0 Å². The third-order valence-electron chi connectivity index (χ3n) is 4.15. The van der Waals surface area contributed by atoms with Gasteiger partial charge in [-0.3, -0.25) is 0 Å². The van der Waals surface area contributed by atoms with Crippen molar-refractivity contribution in [2.45, 2.75) is 30.8 Å². The Bertz CT molecular complexity index is 436. The monoisotopic (exact) mass is 267 g/mol. The minimum absolute atomic E-state index is 0.153. The van der Waals surface area contributed by atoms with Crippen molar-refractivity contribution in [2.24, 2.45) is 5.73 Å². The molecule has 1 aromatic rings. The van der Waals surface area contributed by atoms with Gasteiger partial charge in [-0.1, -0.05) is 24.1 Å². The Morgan fingerprint density at radius 3 is 2.61 bits per heavy atom. The van der Waals surface area contributed by atoms with Gasteiger partial charge in [-0.2, -0.15) is 0 Å². The van der Waals surface area contributed by atoms with Gasteiger partial charge in [-0.05, 0) is 30.5 Å². The zero-order valence-electron chi connectivity index (χ0n) is 10.3. The molecule has 0 radical (unpaired) electrons. The van der Waals surface area contributed by atoms with Gasteiger partial charge in [0, 0.05) is 12.0 Å². The highest BCUT2D eigenvalue weighted by Gasteiger charge is 2.37. The van der Waals surface area contributed by atoms with Crippen LogP contribution in [0.1, 0.15) is 24.8 Å². The van der Waals surface area contributed by atoms with Gasteiger partial charge < -0.3 is 15.2 Å². The second kappa shape index (κ2) is 4.72. The van der Waals surface area contributed by atoms with E-state index in [1.165, 1.54) is 12.0 Å². The Morgan fingerprint density at radius 2 is 2.17 bits per heavy atom. The molecule has 0 atom stereocenters. The van der Waals surface area contributed by atoms with Crippen LogP contribution in [-0.4, -0.2) is 25.9 Å². The molecule has 3 rings (SSSR count). The molecule has 2 aliphatic rings. The van der Waals surface area contributed by atoms with E-state index >= 15 is 0 Å². The summed E-state index contributed by atoms with van der Waals surface area (Å²) < 4.78 is 10.8. The molecule has 1 aliphatic carbocycles. The molecule has 0 spiro atoms. The van der Waals surface area contributed by atoms with Crippen molar-refractivity contribution in [1.29, 1.82) is 0 Å². The van der Waals surface area contributed by atoms with Crippen molar-refractivity contribution in [3.63, 3.8) is 0 Å². The van der Waals surface area contributed by atoms with Crippen LogP contribution in [0.15, 0.2) is 18.2 Å². The normalized spacial score (nSPS) is 22.1. The minimum Gasteiger partial charge on any atom is -0.484 e. The van der Waals surface area contributed by atoms with Crippen LogP contribution < -0.4 is 10.5 Å². The average molecular weight is 268 g/mol. The fourth-order valence-corrected chi connectivity index (χ4v) is 2.83. The third-order valence-corrected chi connectivity index (χ3v) is 4.44. The summed E-state index contributed by atoms with van der Waals surface area (Å²) in [7, 11) is 0. The van der Waals surface area contributed by atoms with Gasteiger partial charge in [0.15, 0.2) is 0 Å². The first-order chi connectivity index (χ1) is 8.73. The van der Waals surface area contributed by atoms with Crippen LogP contribution in [0.4, 0.5) is 0 Å². The van der Waals surface area contributed by atoms with Crippen molar-refractivity contribution in [1.82, 2.24) is 0 Å². The SMILES string of the molecule is NCC1(c2ccc(OC3COC3)c(Cl)c2)CCC1. The first kappa shape index (κ1) is 12.3. The number of ether oxygens (including phenoxy) is 2. The summed E-state index contributed by atoms with van der Waals surface area (Å²) in [5.74, 6) is 0.750. The van der Waals surface area contributed by atoms with Gasteiger partial charge >= 0.3 is 0 Å². The summed E-state index contributed by atoms with van der Waals surface area (Å²) in [4.78, 5) is 0. The molecule has 4 heteroatoms. The van der Waals surface area contributed by atoms with Crippen molar-refractivity contribution in [3.8, 4) is 5.75 Å². The maximum absolute atomic E-state index is 6.29. The Labute approximate surface area is 112 Å². The molecular weight excluding hydrogens is 250 g/mol. The third kappa shape index (κ3) is 2.00. The van der Waals surface area contributed by atoms with Crippen molar-refractivity contribution in [2.75, 3.05) is 19.8 Å². The lowest BCUT2D eigenvalue weighted by Crippen LogP contribution is -2.41. The Kier molecular flexibility index (Phi) is 3.22. The van der Waals surface area contributed by atoms with Crippen LogP contribution in [0.3, 0.4) is 0 Å². The van der Waals surface area contributed by atoms with E-state index in [2.05, 4.69) is 6.07 Å². The summed E-state index contributed by atoms with van der Waals surface area (Å²) >= 11 is 6.29. The molecule has 1 aromatic carbocycles. The highest BCUT2D eigenvalue weighted by molar-refractivity contribution is 6.32. The van der Waals surface area contributed by atoms with E-state index < -0.39 is 0 Å². The lowest BCUT2D eigenvalue weighted by molar-refractivity contribution is -0.0796.